The second-order valence-corrected chi connectivity index (χ2v) is 4.54. The van der Waals surface area contributed by atoms with Crippen molar-refractivity contribution in [1.82, 2.24) is 20.2 Å². The number of hydrazine groups is 1. The van der Waals surface area contributed by atoms with Crippen LogP contribution in [-0.4, -0.2) is 21.9 Å². The molecule has 3 N–H and O–H groups in total. The Bertz CT molecular complexity index is 578. The Labute approximate surface area is 112 Å². The van der Waals surface area contributed by atoms with Crippen LogP contribution < -0.4 is 16.0 Å². The highest BCUT2D eigenvalue weighted by atomic mass is 16.5. The molecular formula is C13H19N5O. The van der Waals surface area contributed by atoms with Crippen molar-refractivity contribution in [2.45, 2.75) is 19.9 Å². The first kappa shape index (κ1) is 13.5. The number of hydrogen-bond donors (Lipinski definition) is 2. The zero-order valence-electron chi connectivity index (χ0n) is 11.6. The van der Waals surface area contributed by atoms with Gasteiger partial charge in [-0.05, 0) is 25.0 Å². The molecular weight excluding hydrogens is 242 g/mol. The van der Waals surface area contributed by atoms with Crippen LogP contribution in [-0.2, 0) is 7.05 Å². The number of nitrogens with two attached hydrogens (primary N) is 1. The second-order valence-electron chi connectivity index (χ2n) is 4.54. The number of rotatable bonds is 4. The Kier molecular flexibility index (Phi) is 3.82. The van der Waals surface area contributed by atoms with Gasteiger partial charge in [-0.15, -0.1) is 0 Å². The van der Waals surface area contributed by atoms with Gasteiger partial charge in [0.15, 0.2) is 5.75 Å². The maximum absolute atomic E-state index is 5.71. The topological polar surface area (TPSA) is 78.0 Å². The molecule has 2 heterocycles. The summed E-state index contributed by atoms with van der Waals surface area (Å²) >= 11 is 0. The van der Waals surface area contributed by atoms with Gasteiger partial charge < -0.3 is 4.74 Å². The average molecular weight is 261 g/mol. The normalized spacial score (nSPS) is 12.5. The molecule has 2 rings (SSSR count). The van der Waals surface area contributed by atoms with E-state index in [9.17, 15) is 0 Å². The van der Waals surface area contributed by atoms with Crippen molar-refractivity contribution in [1.29, 1.82) is 0 Å². The van der Waals surface area contributed by atoms with Crippen LogP contribution in [0.3, 0.4) is 0 Å². The van der Waals surface area contributed by atoms with Crippen molar-refractivity contribution >= 4 is 0 Å². The molecule has 102 valence electrons. The first-order chi connectivity index (χ1) is 9.08. The number of ether oxygens (including phenoxy) is 1. The van der Waals surface area contributed by atoms with Crippen LogP contribution in [0.1, 0.15) is 28.6 Å². The Balaban J connectivity index is 2.52. The Morgan fingerprint density at radius 2 is 2.11 bits per heavy atom. The molecule has 0 aliphatic carbocycles. The third-order valence-electron chi connectivity index (χ3n) is 3.14. The number of pyridine rings is 1. The first-order valence-corrected chi connectivity index (χ1v) is 6.03. The molecule has 0 saturated heterocycles. The van der Waals surface area contributed by atoms with E-state index in [0.29, 0.717) is 5.75 Å². The number of aromatic nitrogens is 3. The van der Waals surface area contributed by atoms with Gasteiger partial charge in [0.1, 0.15) is 11.7 Å². The third kappa shape index (κ3) is 2.45. The Morgan fingerprint density at radius 1 is 1.37 bits per heavy atom. The lowest BCUT2D eigenvalue weighted by molar-refractivity contribution is 0.400. The molecule has 19 heavy (non-hydrogen) atoms. The summed E-state index contributed by atoms with van der Waals surface area (Å²) < 4.78 is 7.07. The maximum Gasteiger partial charge on any atom is 0.162 e. The molecule has 6 heteroatoms. The molecule has 1 atom stereocenters. The lowest BCUT2D eigenvalue weighted by Crippen LogP contribution is -2.32. The number of nitrogens with zero attached hydrogens (tertiary/aromatic N) is 3. The predicted molar refractivity (Wildman–Crippen MR) is 72.6 cm³/mol. The fourth-order valence-electron chi connectivity index (χ4n) is 2.23. The highest BCUT2D eigenvalue weighted by Crippen LogP contribution is 2.29. The predicted octanol–water partition coefficient (Wildman–Crippen LogP) is 0.993. The summed E-state index contributed by atoms with van der Waals surface area (Å²) in [6.07, 6.45) is 3.50. The van der Waals surface area contributed by atoms with Crippen LogP contribution in [0.4, 0.5) is 0 Å². The van der Waals surface area contributed by atoms with Gasteiger partial charge in [0.05, 0.1) is 19.0 Å². The summed E-state index contributed by atoms with van der Waals surface area (Å²) in [5.41, 5.74) is 6.71. The number of aryl methyl sites for hydroxylation is 3. The van der Waals surface area contributed by atoms with E-state index < -0.39 is 0 Å². The van der Waals surface area contributed by atoms with Crippen LogP contribution in [0.25, 0.3) is 0 Å². The molecule has 0 aliphatic rings. The Hall–Kier alpha value is -1.92. The number of methoxy groups -OCH3 is 1. The van der Waals surface area contributed by atoms with Crippen molar-refractivity contribution in [3.8, 4) is 5.75 Å². The quantitative estimate of drug-likeness (QED) is 0.634. The summed E-state index contributed by atoms with van der Waals surface area (Å²) in [5, 5.41) is 4.20. The standard InChI is InChI=1S/C13H19N5O/c1-8-5-9(2)11(15-6-8)12(17-14)13-10(19-4)7-16-18(13)3/h5-7,12,17H,14H2,1-4H3. The largest absolute Gasteiger partial charge is 0.493 e. The summed E-state index contributed by atoms with van der Waals surface area (Å²) in [4.78, 5) is 4.48. The Morgan fingerprint density at radius 3 is 2.68 bits per heavy atom. The average Bonchev–Trinajstić information content (AvgIpc) is 2.74. The van der Waals surface area contributed by atoms with Gasteiger partial charge in [0, 0.05) is 13.2 Å². The molecule has 0 fully saturated rings. The minimum atomic E-state index is -0.261. The van der Waals surface area contributed by atoms with Gasteiger partial charge in [0.25, 0.3) is 0 Å². The van der Waals surface area contributed by atoms with E-state index in [-0.39, 0.29) is 6.04 Å². The van der Waals surface area contributed by atoms with Crippen molar-refractivity contribution < 1.29 is 4.74 Å². The van der Waals surface area contributed by atoms with Gasteiger partial charge in [-0.2, -0.15) is 5.10 Å². The molecule has 2 aromatic heterocycles. The lowest BCUT2D eigenvalue weighted by atomic mass is 10.0. The summed E-state index contributed by atoms with van der Waals surface area (Å²) in [7, 11) is 3.47. The molecule has 2 aromatic rings. The van der Waals surface area contributed by atoms with E-state index in [1.807, 2.05) is 27.1 Å². The molecule has 0 aromatic carbocycles. The molecule has 0 spiro atoms. The van der Waals surface area contributed by atoms with Crippen molar-refractivity contribution in [3.63, 3.8) is 0 Å². The fraction of sp³-hybridized carbons (Fsp3) is 0.385. The zero-order chi connectivity index (χ0) is 14.0. The molecule has 1 unspecified atom stereocenters. The highest BCUT2D eigenvalue weighted by molar-refractivity contribution is 5.37. The van der Waals surface area contributed by atoms with E-state index in [1.54, 1.807) is 18.0 Å². The van der Waals surface area contributed by atoms with Gasteiger partial charge in [-0.3, -0.25) is 15.5 Å². The van der Waals surface area contributed by atoms with Crippen LogP contribution in [0, 0.1) is 13.8 Å². The van der Waals surface area contributed by atoms with Crippen molar-refractivity contribution in [2.75, 3.05) is 7.11 Å². The molecule has 0 aliphatic heterocycles. The minimum Gasteiger partial charge on any atom is -0.493 e. The van der Waals surface area contributed by atoms with Crippen molar-refractivity contribution in [2.24, 2.45) is 12.9 Å². The monoisotopic (exact) mass is 261 g/mol. The van der Waals surface area contributed by atoms with Crippen LogP contribution in [0.15, 0.2) is 18.5 Å². The highest BCUT2D eigenvalue weighted by Gasteiger charge is 2.24. The third-order valence-corrected chi connectivity index (χ3v) is 3.14. The summed E-state index contributed by atoms with van der Waals surface area (Å²) in [6.45, 7) is 4.03. The van der Waals surface area contributed by atoms with Gasteiger partial charge in [-0.25, -0.2) is 5.43 Å². The van der Waals surface area contributed by atoms with E-state index in [4.69, 9.17) is 10.6 Å². The van der Waals surface area contributed by atoms with E-state index in [1.165, 1.54) is 0 Å². The van der Waals surface area contributed by atoms with Gasteiger partial charge >= 0.3 is 0 Å². The summed E-state index contributed by atoms with van der Waals surface area (Å²) in [5.74, 6) is 6.40. The minimum absolute atomic E-state index is 0.261. The van der Waals surface area contributed by atoms with Crippen molar-refractivity contribution in [3.05, 3.63) is 41.0 Å². The van der Waals surface area contributed by atoms with E-state index in [2.05, 4.69) is 21.6 Å². The van der Waals surface area contributed by atoms with Gasteiger partial charge in [0.2, 0.25) is 0 Å². The SMILES string of the molecule is COc1cnn(C)c1C(NN)c1ncc(C)cc1C. The molecule has 0 radical (unpaired) electrons. The van der Waals surface area contributed by atoms with Crippen LogP contribution in [0.2, 0.25) is 0 Å². The van der Waals surface area contributed by atoms with E-state index in [0.717, 1.165) is 22.5 Å². The molecule has 0 saturated carbocycles. The smallest absolute Gasteiger partial charge is 0.162 e. The number of hydrogen-bond acceptors (Lipinski definition) is 5. The second kappa shape index (κ2) is 5.38. The van der Waals surface area contributed by atoms with Crippen LogP contribution in [0.5, 0.6) is 5.75 Å². The molecule has 0 bridgehead atoms. The zero-order valence-corrected chi connectivity index (χ0v) is 11.6. The number of nitrogens with one attached hydrogen (secondary N) is 1. The maximum atomic E-state index is 5.71. The van der Waals surface area contributed by atoms with Crippen LogP contribution >= 0.6 is 0 Å². The van der Waals surface area contributed by atoms with E-state index >= 15 is 0 Å². The molecule has 6 nitrogen and oxygen atoms in total. The van der Waals surface area contributed by atoms with Gasteiger partial charge in [-0.1, -0.05) is 6.07 Å². The molecule has 0 amide bonds. The lowest BCUT2D eigenvalue weighted by Gasteiger charge is -2.19. The summed E-state index contributed by atoms with van der Waals surface area (Å²) in [6, 6.07) is 1.82. The first-order valence-electron chi connectivity index (χ1n) is 6.03. The fourth-order valence-corrected chi connectivity index (χ4v) is 2.23.